The lowest BCUT2D eigenvalue weighted by Crippen LogP contribution is -2.48. The van der Waals surface area contributed by atoms with Crippen molar-refractivity contribution in [1.82, 2.24) is 24.7 Å². The number of ketones is 1. The molecule has 2 saturated carbocycles. The van der Waals surface area contributed by atoms with Crippen molar-refractivity contribution in [1.29, 1.82) is 0 Å². The predicted octanol–water partition coefficient (Wildman–Crippen LogP) is 7.69. The Hall–Kier alpha value is -5.12. The molecular weight excluding hydrogens is 826 g/mol. The predicted molar refractivity (Wildman–Crippen MR) is 228 cm³/mol. The Morgan fingerprint density at radius 2 is 1.88 bits per heavy atom. The molecule has 0 bridgehead atoms. The molecule has 0 radical (unpaired) electrons. The number of pyridine rings is 1. The summed E-state index contributed by atoms with van der Waals surface area (Å²) in [7, 11) is -2.32. The summed E-state index contributed by atoms with van der Waals surface area (Å²) in [5, 5.41) is 7.98. The van der Waals surface area contributed by atoms with Crippen LogP contribution in [0.1, 0.15) is 57.9 Å². The first kappa shape index (κ1) is 41.6. The lowest BCUT2D eigenvalue weighted by Gasteiger charge is -2.35. The van der Waals surface area contributed by atoms with Crippen molar-refractivity contribution in [3.05, 3.63) is 88.9 Å². The number of carbonyl (C=O) groups is 3. The van der Waals surface area contributed by atoms with Gasteiger partial charge >= 0.3 is 0 Å². The lowest BCUT2D eigenvalue weighted by molar-refractivity contribution is -0.144. The van der Waals surface area contributed by atoms with E-state index < -0.39 is 56.0 Å². The van der Waals surface area contributed by atoms with Crippen molar-refractivity contribution in [2.24, 2.45) is 22.7 Å². The molecule has 3 fully saturated rings. The van der Waals surface area contributed by atoms with Crippen LogP contribution in [0.5, 0.6) is 11.6 Å². The Labute approximate surface area is 357 Å². The summed E-state index contributed by atoms with van der Waals surface area (Å²) >= 11 is 7.81. The highest BCUT2D eigenvalue weighted by molar-refractivity contribution is 7.90. The van der Waals surface area contributed by atoms with E-state index in [1.54, 1.807) is 36.4 Å². The van der Waals surface area contributed by atoms with Gasteiger partial charge in [-0.25, -0.2) is 18.4 Å². The van der Waals surface area contributed by atoms with Gasteiger partial charge < -0.3 is 18.9 Å². The fourth-order valence-corrected chi connectivity index (χ4v) is 10.5. The standard InChI is InChI=1S/C44H46ClN5O8S2/c1-6-26-20-44(26,42(53)49-60(54,55)29-13-14-29)21-36(51)35-17-28(57-40-31-16-27(45)12-15-30(31)38(56-5)22-46-40)23-50(35)41(52)32(43(2,3)4)18-39-47-34(24-59-39)37-19-33(48-58-37)25-10-8-7-9-11-25/h6-12,15-16,19,22,24,26,28-29,32,35H,1,13-14,17-18,20-21,23H2,2-5H3,(H,49,53)/t26-,28-,32-,35+,44-/m1/s1. The van der Waals surface area contributed by atoms with Crippen molar-refractivity contribution < 1.29 is 36.8 Å². The molecule has 5 atom stereocenters. The van der Waals surface area contributed by atoms with Gasteiger partial charge in [-0.15, -0.1) is 17.9 Å². The molecule has 3 aromatic heterocycles. The number of rotatable bonds is 15. The molecule has 1 N–H and O–H groups in total. The number of nitrogens with zero attached hydrogens (tertiary/aromatic N) is 4. The topological polar surface area (TPSA) is 171 Å². The largest absolute Gasteiger partial charge is 0.494 e. The van der Waals surface area contributed by atoms with Crippen LogP contribution < -0.4 is 14.2 Å². The van der Waals surface area contributed by atoms with Gasteiger partial charge in [-0.1, -0.05) is 73.9 Å². The lowest BCUT2D eigenvalue weighted by atomic mass is 9.77. The van der Waals surface area contributed by atoms with E-state index >= 15 is 4.79 Å². The number of hydrogen-bond acceptors (Lipinski definition) is 12. The van der Waals surface area contributed by atoms with Crippen LogP contribution in [0.4, 0.5) is 0 Å². The summed E-state index contributed by atoms with van der Waals surface area (Å²) < 4.78 is 45.7. The van der Waals surface area contributed by atoms with Gasteiger partial charge in [0.05, 0.1) is 41.6 Å². The number of halogens is 1. The summed E-state index contributed by atoms with van der Waals surface area (Å²) in [6.07, 6.45) is 3.83. The molecule has 3 aliphatic rings. The van der Waals surface area contributed by atoms with Gasteiger partial charge in [-0.3, -0.25) is 19.1 Å². The number of hydrogen-bond donors (Lipinski definition) is 1. The summed E-state index contributed by atoms with van der Waals surface area (Å²) in [6, 6.07) is 15.8. The van der Waals surface area contributed by atoms with Gasteiger partial charge in [0, 0.05) is 58.0 Å². The molecule has 314 valence electrons. The molecular formula is C44H46ClN5O8S2. The summed E-state index contributed by atoms with van der Waals surface area (Å²) in [5.74, 6) is -1.08. The molecule has 13 nitrogen and oxygen atoms in total. The van der Waals surface area contributed by atoms with E-state index in [9.17, 15) is 18.0 Å². The maximum absolute atomic E-state index is 15.0. The van der Waals surface area contributed by atoms with Crippen molar-refractivity contribution in [2.45, 2.75) is 76.7 Å². The SMILES string of the molecule is C=C[C@@H]1C[C@]1(CC(=O)[C@@H]1C[C@@H](Oc2ncc(OC)c3ccc(Cl)cc23)CN1C(=O)[C@@H](Cc1nc(-c2cc(-c3ccccc3)no2)cs1)C(C)(C)C)C(=O)NS(=O)(=O)C1CC1. The number of aromatic nitrogens is 3. The number of thiazole rings is 1. The van der Waals surface area contributed by atoms with Gasteiger partial charge in [0.25, 0.3) is 0 Å². The number of fused-ring (bicyclic) bond motifs is 1. The van der Waals surface area contributed by atoms with Gasteiger partial charge in [0.15, 0.2) is 11.5 Å². The average Bonchev–Trinajstić information content (AvgIpc) is 4.01. The third-order valence-electron chi connectivity index (χ3n) is 11.9. The number of ether oxygens (including phenoxy) is 2. The second-order valence-electron chi connectivity index (χ2n) is 17.0. The van der Waals surface area contributed by atoms with Crippen LogP contribution in [0.3, 0.4) is 0 Å². The molecule has 1 aliphatic heterocycles. The molecule has 5 aromatic rings. The zero-order chi connectivity index (χ0) is 42.6. The van der Waals surface area contributed by atoms with E-state index in [1.165, 1.54) is 11.3 Å². The number of sulfonamides is 1. The van der Waals surface area contributed by atoms with Crippen LogP contribution in [0.2, 0.25) is 5.02 Å². The monoisotopic (exact) mass is 871 g/mol. The smallest absolute Gasteiger partial charge is 0.240 e. The number of nitrogens with one attached hydrogen (secondary N) is 1. The van der Waals surface area contributed by atoms with E-state index in [-0.39, 0.29) is 49.8 Å². The number of methoxy groups -OCH3 is 1. The zero-order valence-corrected chi connectivity index (χ0v) is 36.1. The highest BCUT2D eigenvalue weighted by Gasteiger charge is 2.61. The van der Waals surface area contributed by atoms with Crippen LogP contribution in [0.15, 0.2) is 83.4 Å². The van der Waals surface area contributed by atoms with E-state index in [2.05, 4.69) is 21.4 Å². The Morgan fingerprint density at radius 3 is 2.57 bits per heavy atom. The quantitative estimate of drug-likeness (QED) is 0.102. The molecule has 0 spiro atoms. The van der Waals surface area contributed by atoms with E-state index in [0.717, 1.165) is 10.9 Å². The minimum absolute atomic E-state index is 0.0567. The molecule has 2 aliphatic carbocycles. The third kappa shape index (κ3) is 8.31. The second-order valence-corrected chi connectivity index (χ2v) is 20.4. The number of Topliss-reactive ketones (excluding diaryl/α,β-unsaturated/α-hetero) is 1. The molecule has 4 heterocycles. The number of benzene rings is 2. The Kier molecular flexibility index (Phi) is 11.1. The van der Waals surface area contributed by atoms with Crippen LogP contribution >= 0.6 is 22.9 Å². The average molecular weight is 872 g/mol. The van der Waals surface area contributed by atoms with Crippen molar-refractivity contribution in [3.63, 3.8) is 0 Å². The first-order valence-electron chi connectivity index (χ1n) is 19.9. The molecule has 8 rings (SSSR count). The fraction of sp³-hybridized carbons (Fsp3) is 0.409. The molecule has 60 heavy (non-hydrogen) atoms. The normalized spacial score (nSPS) is 22.0. The van der Waals surface area contributed by atoms with Crippen molar-refractivity contribution >= 4 is 61.3 Å². The van der Waals surface area contributed by atoms with Gasteiger partial charge in [-0.2, -0.15) is 0 Å². The molecule has 0 unspecified atom stereocenters. The van der Waals surface area contributed by atoms with Crippen LogP contribution in [0.25, 0.3) is 33.5 Å². The maximum atomic E-state index is 15.0. The molecule has 16 heteroatoms. The van der Waals surface area contributed by atoms with E-state index in [1.807, 2.05) is 68.6 Å². The molecule has 2 aromatic carbocycles. The minimum atomic E-state index is -3.86. The highest BCUT2D eigenvalue weighted by Crippen LogP contribution is 2.57. The zero-order valence-electron chi connectivity index (χ0n) is 33.7. The summed E-state index contributed by atoms with van der Waals surface area (Å²) in [5.41, 5.74) is 0.325. The number of allylic oxidation sites excluding steroid dienone is 1. The Morgan fingerprint density at radius 1 is 1.12 bits per heavy atom. The van der Waals surface area contributed by atoms with Crippen LogP contribution in [-0.2, 0) is 30.8 Å². The number of amides is 2. The van der Waals surface area contributed by atoms with Gasteiger partial charge in [-0.05, 0) is 48.8 Å². The number of likely N-dealkylation sites (tertiary alicyclic amines) is 1. The summed E-state index contributed by atoms with van der Waals surface area (Å²) in [6.45, 7) is 9.84. The van der Waals surface area contributed by atoms with Crippen molar-refractivity contribution in [3.8, 4) is 34.3 Å². The van der Waals surface area contributed by atoms with Gasteiger partial charge in [0.2, 0.25) is 27.7 Å². The molecule has 2 amide bonds. The van der Waals surface area contributed by atoms with Gasteiger partial charge in [0.1, 0.15) is 23.2 Å². The second kappa shape index (κ2) is 16.1. The Bertz CT molecular complexity index is 2580. The van der Waals surface area contributed by atoms with Crippen LogP contribution in [-0.4, -0.2) is 77.1 Å². The summed E-state index contributed by atoms with van der Waals surface area (Å²) in [4.78, 5) is 54.3. The van der Waals surface area contributed by atoms with Crippen LogP contribution in [0, 0.1) is 22.7 Å². The third-order valence-corrected chi connectivity index (χ3v) is 14.8. The fourth-order valence-electron chi connectivity index (χ4n) is 8.12. The maximum Gasteiger partial charge on any atom is 0.240 e. The number of carbonyl (C=O) groups excluding carboxylic acids is 3. The van der Waals surface area contributed by atoms with E-state index in [0.29, 0.717) is 51.2 Å². The highest BCUT2D eigenvalue weighted by atomic mass is 35.5. The molecule has 1 saturated heterocycles. The van der Waals surface area contributed by atoms with E-state index in [4.69, 9.17) is 30.6 Å². The minimum Gasteiger partial charge on any atom is -0.494 e. The van der Waals surface area contributed by atoms with Crippen molar-refractivity contribution in [2.75, 3.05) is 13.7 Å². The first-order chi connectivity index (χ1) is 28.6. The first-order valence-corrected chi connectivity index (χ1v) is 22.7. The Balaban J connectivity index is 1.08.